The van der Waals surface area contributed by atoms with Gasteiger partial charge in [-0.15, -0.1) is 0 Å². The van der Waals surface area contributed by atoms with Gasteiger partial charge in [0.1, 0.15) is 12.6 Å². The molecule has 7 heteroatoms. The number of ether oxygens (including phenoxy) is 1. The molecule has 2 unspecified atom stereocenters. The summed E-state index contributed by atoms with van der Waals surface area (Å²) in [5.74, 6) is -1.56. The Bertz CT molecular complexity index is 982. The molecule has 7 nitrogen and oxygen atoms in total. The van der Waals surface area contributed by atoms with Gasteiger partial charge in [0.25, 0.3) is 0 Å². The van der Waals surface area contributed by atoms with Crippen LogP contribution in [0, 0.1) is 5.41 Å². The van der Waals surface area contributed by atoms with Gasteiger partial charge in [-0.2, -0.15) is 0 Å². The molecule has 0 saturated heterocycles. The number of benzene rings is 2. The zero-order valence-electron chi connectivity index (χ0n) is 19.6. The van der Waals surface area contributed by atoms with Crippen molar-refractivity contribution in [1.82, 2.24) is 10.6 Å². The van der Waals surface area contributed by atoms with E-state index in [1.165, 1.54) is 0 Å². The van der Waals surface area contributed by atoms with Crippen molar-refractivity contribution in [2.45, 2.75) is 58.5 Å². The summed E-state index contributed by atoms with van der Waals surface area (Å²) in [7, 11) is 0. The molecule has 3 N–H and O–H groups in total. The lowest BCUT2D eigenvalue weighted by Crippen LogP contribution is -2.49. The first-order chi connectivity index (χ1) is 15.6. The molecule has 0 aromatic heterocycles. The molecule has 1 aliphatic carbocycles. The number of carbonyl (C=O) groups is 3. The van der Waals surface area contributed by atoms with E-state index in [0.717, 1.165) is 22.3 Å². The highest BCUT2D eigenvalue weighted by Gasteiger charge is 2.32. The third kappa shape index (κ3) is 5.72. The second-order valence-electron chi connectivity index (χ2n) is 9.46. The first-order valence-electron chi connectivity index (χ1n) is 11.3. The number of hydrogen-bond acceptors (Lipinski definition) is 4. The highest BCUT2D eigenvalue weighted by molar-refractivity contribution is 5.84. The summed E-state index contributed by atoms with van der Waals surface area (Å²) >= 11 is 0. The molecule has 1 aliphatic rings. The van der Waals surface area contributed by atoms with Gasteiger partial charge < -0.3 is 20.5 Å². The van der Waals surface area contributed by atoms with Gasteiger partial charge in [0.15, 0.2) is 0 Å². The Morgan fingerprint density at radius 1 is 0.970 bits per heavy atom. The molecule has 0 radical (unpaired) electrons. The van der Waals surface area contributed by atoms with Crippen LogP contribution in [0.1, 0.15) is 57.6 Å². The lowest BCUT2D eigenvalue weighted by molar-refractivity contribution is -0.142. The molecule has 2 aromatic carbocycles. The summed E-state index contributed by atoms with van der Waals surface area (Å²) in [6, 6.07) is 14.7. The van der Waals surface area contributed by atoms with E-state index >= 15 is 0 Å². The Morgan fingerprint density at radius 2 is 1.52 bits per heavy atom. The van der Waals surface area contributed by atoms with E-state index in [1.54, 1.807) is 6.92 Å². The highest BCUT2D eigenvalue weighted by Crippen LogP contribution is 2.44. The highest BCUT2D eigenvalue weighted by atomic mass is 16.5. The van der Waals surface area contributed by atoms with Crippen LogP contribution in [0.15, 0.2) is 48.5 Å². The molecule has 2 aromatic rings. The first kappa shape index (κ1) is 24.3. The van der Waals surface area contributed by atoms with Crippen molar-refractivity contribution in [3.05, 3.63) is 59.7 Å². The lowest BCUT2D eigenvalue weighted by Gasteiger charge is -2.31. The van der Waals surface area contributed by atoms with Crippen LogP contribution >= 0.6 is 0 Å². The van der Waals surface area contributed by atoms with Crippen LogP contribution in [-0.2, 0) is 14.3 Å². The maximum Gasteiger partial charge on any atom is 0.407 e. The average molecular weight is 453 g/mol. The number of nitrogens with one attached hydrogen (secondary N) is 2. The fourth-order valence-electron chi connectivity index (χ4n) is 4.13. The second kappa shape index (κ2) is 10.1. The van der Waals surface area contributed by atoms with Crippen LogP contribution in [-0.4, -0.2) is 41.8 Å². The van der Waals surface area contributed by atoms with Gasteiger partial charge in [0, 0.05) is 18.4 Å². The minimum Gasteiger partial charge on any atom is -0.480 e. The Kier molecular flexibility index (Phi) is 7.41. The van der Waals surface area contributed by atoms with Gasteiger partial charge in [0.05, 0.1) is 0 Å². The summed E-state index contributed by atoms with van der Waals surface area (Å²) in [5.41, 5.74) is 4.11. The molecule has 2 atom stereocenters. The summed E-state index contributed by atoms with van der Waals surface area (Å²) in [4.78, 5) is 36.3. The van der Waals surface area contributed by atoms with Crippen molar-refractivity contribution in [2.75, 3.05) is 6.61 Å². The average Bonchev–Trinajstić information content (AvgIpc) is 3.08. The number of carboxylic acids is 1. The standard InChI is InChI=1S/C26H32N2O5/c1-5-21(24(30)31)27-23(29)14-22(26(2,3)4)28-25(32)33-15-20-18-12-8-6-10-16(18)17-11-7-9-13-19(17)20/h6-13,20-22H,5,14-15H2,1-4H3,(H,27,29)(H,28,32)(H,30,31). The third-order valence-corrected chi connectivity index (χ3v) is 6.11. The number of alkyl carbamates (subject to hydrolysis) is 1. The number of hydrogen-bond donors (Lipinski definition) is 3. The molecule has 0 spiro atoms. The summed E-state index contributed by atoms with van der Waals surface area (Å²) in [6.45, 7) is 7.59. The van der Waals surface area contributed by atoms with E-state index in [1.807, 2.05) is 45.0 Å². The zero-order chi connectivity index (χ0) is 24.2. The quantitative estimate of drug-likeness (QED) is 0.554. The minimum atomic E-state index is -1.08. The van der Waals surface area contributed by atoms with E-state index < -0.39 is 35.5 Å². The predicted molar refractivity (Wildman–Crippen MR) is 126 cm³/mol. The van der Waals surface area contributed by atoms with Crippen molar-refractivity contribution in [3.63, 3.8) is 0 Å². The second-order valence-corrected chi connectivity index (χ2v) is 9.46. The monoisotopic (exact) mass is 452 g/mol. The van der Waals surface area contributed by atoms with Gasteiger partial charge >= 0.3 is 12.1 Å². The van der Waals surface area contributed by atoms with Crippen molar-refractivity contribution < 1.29 is 24.2 Å². The number of carbonyl (C=O) groups excluding carboxylic acids is 2. The number of rotatable bonds is 8. The molecule has 176 valence electrons. The van der Waals surface area contributed by atoms with Gasteiger partial charge in [-0.3, -0.25) is 4.79 Å². The van der Waals surface area contributed by atoms with Crippen molar-refractivity contribution in [3.8, 4) is 11.1 Å². The van der Waals surface area contributed by atoms with Crippen LogP contribution < -0.4 is 10.6 Å². The molecule has 0 heterocycles. The van der Waals surface area contributed by atoms with Crippen molar-refractivity contribution in [2.24, 2.45) is 5.41 Å². The van der Waals surface area contributed by atoms with Crippen LogP contribution in [0.5, 0.6) is 0 Å². The van der Waals surface area contributed by atoms with Gasteiger partial charge in [0.2, 0.25) is 5.91 Å². The first-order valence-corrected chi connectivity index (χ1v) is 11.3. The zero-order valence-corrected chi connectivity index (χ0v) is 19.6. The number of aliphatic carboxylic acids is 1. The SMILES string of the molecule is CCC(NC(=O)CC(NC(=O)OCC1c2ccccc2-c2ccccc21)C(C)(C)C)C(=O)O. The van der Waals surface area contributed by atoms with Crippen molar-refractivity contribution >= 4 is 18.0 Å². The summed E-state index contributed by atoms with van der Waals surface area (Å²) in [5, 5.41) is 14.5. The normalized spacial score (nSPS) is 14.5. The molecule has 0 fully saturated rings. The summed E-state index contributed by atoms with van der Waals surface area (Å²) in [6.07, 6.45) is -0.367. The largest absolute Gasteiger partial charge is 0.480 e. The Morgan fingerprint density at radius 3 is 2.00 bits per heavy atom. The van der Waals surface area contributed by atoms with Crippen LogP contribution in [0.2, 0.25) is 0 Å². The Labute approximate surface area is 194 Å². The predicted octanol–water partition coefficient (Wildman–Crippen LogP) is 4.31. The molecule has 2 amide bonds. The molecule has 0 aliphatic heterocycles. The van der Waals surface area contributed by atoms with Crippen LogP contribution in [0.4, 0.5) is 4.79 Å². The fourth-order valence-corrected chi connectivity index (χ4v) is 4.13. The van der Waals surface area contributed by atoms with E-state index in [2.05, 4.69) is 34.9 Å². The van der Waals surface area contributed by atoms with E-state index in [0.29, 0.717) is 0 Å². The van der Waals surface area contributed by atoms with E-state index in [4.69, 9.17) is 4.74 Å². The number of amides is 2. The molecule has 0 saturated carbocycles. The molecular formula is C26H32N2O5. The number of carboxylic acid groups (broad SMARTS) is 1. The maximum absolute atomic E-state index is 12.7. The third-order valence-electron chi connectivity index (χ3n) is 6.11. The summed E-state index contributed by atoms with van der Waals surface area (Å²) < 4.78 is 5.61. The maximum atomic E-state index is 12.7. The molecular weight excluding hydrogens is 420 g/mol. The van der Waals surface area contributed by atoms with Crippen LogP contribution in [0.3, 0.4) is 0 Å². The van der Waals surface area contributed by atoms with Gasteiger partial charge in [-0.1, -0.05) is 76.2 Å². The Hall–Kier alpha value is -3.35. The topological polar surface area (TPSA) is 105 Å². The van der Waals surface area contributed by atoms with E-state index in [9.17, 15) is 19.5 Å². The number of fused-ring (bicyclic) bond motifs is 3. The minimum absolute atomic E-state index is 0.0442. The van der Waals surface area contributed by atoms with Crippen molar-refractivity contribution in [1.29, 1.82) is 0 Å². The van der Waals surface area contributed by atoms with E-state index in [-0.39, 0.29) is 25.4 Å². The molecule has 3 rings (SSSR count). The molecule has 0 bridgehead atoms. The fraction of sp³-hybridized carbons (Fsp3) is 0.423. The van der Waals surface area contributed by atoms with Gasteiger partial charge in [-0.25, -0.2) is 9.59 Å². The Balaban J connectivity index is 1.65. The lowest BCUT2D eigenvalue weighted by atomic mass is 9.84. The van der Waals surface area contributed by atoms with Crippen LogP contribution in [0.25, 0.3) is 11.1 Å². The van der Waals surface area contributed by atoms with Gasteiger partial charge in [-0.05, 0) is 34.1 Å². The molecule has 33 heavy (non-hydrogen) atoms. The smallest absolute Gasteiger partial charge is 0.407 e.